The summed E-state index contributed by atoms with van der Waals surface area (Å²) < 4.78 is 4.65. The van der Waals surface area contributed by atoms with E-state index >= 15 is 0 Å². The molecule has 0 fully saturated rings. The maximum Gasteiger partial charge on any atom is 0.337 e. The molecule has 1 aromatic carbocycles. The van der Waals surface area contributed by atoms with Crippen molar-refractivity contribution >= 4 is 17.6 Å². The van der Waals surface area contributed by atoms with E-state index in [1.165, 1.54) is 7.11 Å². The van der Waals surface area contributed by atoms with Gasteiger partial charge in [-0.2, -0.15) is 0 Å². The minimum atomic E-state index is -0.411. The molecule has 6 heteroatoms. The zero-order valence-corrected chi connectivity index (χ0v) is 12.2. The van der Waals surface area contributed by atoms with Gasteiger partial charge in [0.2, 0.25) is 5.91 Å². The minimum Gasteiger partial charge on any atom is -0.465 e. The van der Waals surface area contributed by atoms with E-state index in [2.05, 4.69) is 20.4 Å². The van der Waals surface area contributed by atoms with Crippen LogP contribution in [0.5, 0.6) is 0 Å². The number of amides is 1. The van der Waals surface area contributed by atoms with Crippen LogP contribution < -0.4 is 10.6 Å². The van der Waals surface area contributed by atoms with Gasteiger partial charge in [0.1, 0.15) is 0 Å². The summed E-state index contributed by atoms with van der Waals surface area (Å²) >= 11 is 0. The van der Waals surface area contributed by atoms with Gasteiger partial charge in [0, 0.05) is 24.6 Å². The van der Waals surface area contributed by atoms with Crippen LogP contribution in [0.25, 0.3) is 0 Å². The summed E-state index contributed by atoms with van der Waals surface area (Å²) in [5, 5.41) is 5.76. The molecule has 1 amide bonds. The summed E-state index contributed by atoms with van der Waals surface area (Å²) in [6.45, 7) is 0.570. The van der Waals surface area contributed by atoms with E-state index in [-0.39, 0.29) is 12.5 Å². The summed E-state index contributed by atoms with van der Waals surface area (Å²) in [5.74, 6) is -0.550. The van der Waals surface area contributed by atoms with E-state index in [1.54, 1.807) is 36.7 Å². The molecule has 1 aromatic heterocycles. The van der Waals surface area contributed by atoms with Crippen LogP contribution in [0, 0.1) is 0 Å². The Morgan fingerprint density at radius 2 is 1.95 bits per heavy atom. The third-order valence-corrected chi connectivity index (χ3v) is 2.98. The van der Waals surface area contributed by atoms with Gasteiger partial charge in [0.25, 0.3) is 0 Å². The molecule has 22 heavy (non-hydrogen) atoms. The van der Waals surface area contributed by atoms with Crippen molar-refractivity contribution in [1.29, 1.82) is 0 Å². The number of esters is 1. The largest absolute Gasteiger partial charge is 0.465 e. The van der Waals surface area contributed by atoms with Gasteiger partial charge in [-0.1, -0.05) is 6.07 Å². The Balaban J connectivity index is 1.82. The number of carbonyl (C=O) groups excluding carboxylic acids is 2. The fourth-order valence-electron chi connectivity index (χ4n) is 1.82. The van der Waals surface area contributed by atoms with Crippen molar-refractivity contribution in [2.24, 2.45) is 0 Å². The molecule has 0 spiro atoms. The summed E-state index contributed by atoms with van der Waals surface area (Å²) in [4.78, 5) is 27.1. The molecule has 114 valence electrons. The van der Waals surface area contributed by atoms with Gasteiger partial charge in [0.05, 0.1) is 19.2 Å². The second-order valence-corrected chi connectivity index (χ2v) is 4.56. The topological polar surface area (TPSA) is 80.3 Å². The number of rotatable bonds is 6. The molecule has 6 nitrogen and oxygen atoms in total. The molecule has 2 aromatic rings. The summed E-state index contributed by atoms with van der Waals surface area (Å²) in [5.41, 5.74) is 2.10. The number of nitrogens with zero attached hydrogens (tertiary/aromatic N) is 1. The Kier molecular flexibility index (Phi) is 5.48. The number of benzene rings is 1. The molecule has 0 saturated carbocycles. The molecule has 2 N–H and O–H groups in total. The van der Waals surface area contributed by atoms with Crippen LogP contribution in [0.1, 0.15) is 15.9 Å². The van der Waals surface area contributed by atoms with E-state index in [9.17, 15) is 9.59 Å². The van der Waals surface area contributed by atoms with Crippen molar-refractivity contribution in [2.45, 2.75) is 6.54 Å². The highest BCUT2D eigenvalue weighted by molar-refractivity contribution is 5.90. The average molecular weight is 299 g/mol. The molecule has 2 rings (SSSR count). The van der Waals surface area contributed by atoms with Gasteiger partial charge in [-0.25, -0.2) is 4.79 Å². The number of hydrogen-bond donors (Lipinski definition) is 2. The molecule has 0 aliphatic rings. The van der Waals surface area contributed by atoms with Crippen LogP contribution in [-0.2, 0) is 16.1 Å². The van der Waals surface area contributed by atoms with Crippen molar-refractivity contribution in [2.75, 3.05) is 19.0 Å². The zero-order valence-electron chi connectivity index (χ0n) is 12.2. The quantitative estimate of drug-likeness (QED) is 0.792. The monoisotopic (exact) mass is 299 g/mol. The lowest BCUT2D eigenvalue weighted by Crippen LogP contribution is -2.29. The third-order valence-electron chi connectivity index (χ3n) is 2.98. The van der Waals surface area contributed by atoms with Crippen LogP contribution in [0.15, 0.2) is 48.8 Å². The Bertz CT molecular complexity index is 644. The first-order chi connectivity index (χ1) is 10.7. The maximum absolute atomic E-state index is 11.8. The van der Waals surface area contributed by atoms with Gasteiger partial charge >= 0.3 is 5.97 Å². The van der Waals surface area contributed by atoms with Gasteiger partial charge in [-0.05, 0) is 35.9 Å². The van der Waals surface area contributed by atoms with Crippen LogP contribution >= 0.6 is 0 Å². The lowest BCUT2D eigenvalue weighted by atomic mass is 10.2. The fourth-order valence-corrected chi connectivity index (χ4v) is 1.82. The molecule has 0 atom stereocenters. The molecule has 0 saturated heterocycles. The Morgan fingerprint density at radius 1 is 1.18 bits per heavy atom. The van der Waals surface area contributed by atoms with E-state index in [0.29, 0.717) is 17.8 Å². The van der Waals surface area contributed by atoms with Gasteiger partial charge < -0.3 is 15.4 Å². The highest BCUT2D eigenvalue weighted by Gasteiger charge is 2.06. The number of nitrogens with one attached hydrogen (secondary N) is 2. The predicted octanol–water partition coefficient (Wildman–Crippen LogP) is 1.60. The number of pyridine rings is 1. The van der Waals surface area contributed by atoms with Crippen LogP contribution in [0.4, 0.5) is 5.69 Å². The highest BCUT2D eigenvalue weighted by Crippen LogP contribution is 2.11. The third kappa shape index (κ3) is 4.59. The SMILES string of the molecule is COC(=O)c1cccc(NCC(=O)NCc2ccncc2)c1. The molecule has 0 aliphatic carbocycles. The number of anilines is 1. The highest BCUT2D eigenvalue weighted by atomic mass is 16.5. The van der Waals surface area contributed by atoms with E-state index in [1.807, 2.05) is 12.1 Å². The van der Waals surface area contributed by atoms with E-state index < -0.39 is 5.97 Å². The molecule has 0 unspecified atom stereocenters. The Morgan fingerprint density at radius 3 is 2.68 bits per heavy atom. The van der Waals surface area contributed by atoms with Crippen molar-refractivity contribution in [1.82, 2.24) is 10.3 Å². The standard InChI is InChI=1S/C16H17N3O3/c1-22-16(21)13-3-2-4-14(9-13)18-11-15(20)19-10-12-5-7-17-8-6-12/h2-9,18H,10-11H2,1H3,(H,19,20). The van der Waals surface area contributed by atoms with Crippen molar-refractivity contribution in [3.05, 3.63) is 59.9 Å². The number of methoxy groups -OCH3 is 1. The molecule has 0 radical (unpaired) electrons. The second kappa shape index (κ2) is 7.78. The molecule has 0 bridgehead atoms. The van der Waals surface area contributed by atoms with Crippen molar-refractivity contribution in [3.8, 4) is 0 Å². The van der Waals surface area contributed by atoms with Crippen LogP contribution in [-0.4, -0.2) is 30.5 Å². The maximum atomic E-state index is 11.8. The predicted molar refractivity (Wildman–Crippen MR) is 82.4 cm³/mol. The Hall–Kier alpha value is -2.89. The van der Waals surface area contributed by atoms with Gasteiger partial charge in [-0.3, -0.25) is 9.78 Å². The summed E-state index contributed by atoms with van der Waals surface area (Å²) in [6.07, 6.45) is 3.36. The molecule has 1 heterocycles. The fraction of sp³-hybridized carbons (Fsp3) is 0.188. The summed E-state index contributed by atoms with van der Waals surface area (Å²) in [6, 6.07) is 10.5. The average Bonchev–Trinajstić information content (AvgIpc) is 2.58. The number of ether oxygens (including phenoxy) is 1. The first-order valence-corrected chi connectivity index (χ1v) is 6.77. The van der Waals surface area contributed by atoms with E-state index in [0.717, 1.165) is 5.56 Å². The first-order valence-electron chi connectivity index (χ1n) is 6.77. The first kappa shape index (κ1) is 15.5. The van der Waals surface area contributed by atoms with Crippen LogP contribution in [0.2, 0.25) is 0 Å². The second-order valence-electron chi connectivity index (χ2n) is 4.56. The Labute approximate surface area is 128 Å². The lowest BCUT2D eigenvalue weighted by molar-refractivity contribution is -0.119. The number of hydrogen-bond acceptors (Lipinski definition) is 5. The molecule has 0 aliphatic heterocycles. The number of aromatic nitrogens is 1. The van der Waals surface area contributed by atoms with Gasteiger partial charge in [-0.15, -0.1) is 0 Å². The van der Waals surface area contributed by atoms with Crippen molar-refractivity contribution < 1.29 is 14.3 Å². The minimum absolute atomic E-state index is 0.121. The zero-order chi connectivity index (χ0) is 15.8. The lowest BCUT2D eigenvalue weighted by Gasteiger charge is -2.08. The normalized spacial score (nSPS) is 9.86. The van der Waals surface area contributed by atoms with Crippen LogP contribution in [0.3, 0.4) is 0 Å². The summed E-state index contributed by atoms with van der Waals surface area (Å²) in [7, 11) is 1.33. The van der Waals surface area contributed by atoms with Gasteiger partial charge in [0.15, 0.2) is 0 Å². The van der Waals surface area contributed by atoms with Crippen molar-refractivity contribution in [3.63, 3.8) is 0 Å². The number of carbonyl (C=O) groups is 2. The molecular formula is C16H17N3O3. The smallest absolute Gasteiger partial charge is 0.337 e. The molecular weight excluding hydrogens is 282 g/mol. The van der Waals surface area contributed by atoms with E-state index in [4.69, 9.17) is 0 Å².